The normalized spacial score (nSPS) is 10.8. The minimum Gasteiger partial charge on any atom is -0.497 e. The highest BCUT2D eigenvalue weighted by Gasteiger charge is 2.11. The zero-order valence-electron chi connectivity index (χ0n) is 19.2. The van der Waals surface area contributed by atoms with Gasteiger partial charge in [0.2, 0.25) is 5.91 Å². The average molecular weight is 558 g/mol. The van der Waals surface area contributed by atoms with Gasteiger partial charge in [-0.15, -0.1) is 24.0 Å². The van der Waals surface area contributed by atoms with E-state index < -0.39 is 5.82 Å². The fourth-order valence-corrected chi connectivity index (χ4v) is 2.86. The van der Waals surface area contributed by atoms with Crippen molar-refractivity contribution in [2.24, 2.45) is 4.99 Å². The van der Waals surface area contributed by atoms with E-state index in [0.29, 0.717) is 19.0 Å². The van der Waals surface area contributed by atoms with Crippen molar-refractivity contribution in [2.75, 3.05) is 48.5 Å². The molecule has 2 aromatic carbocycles. The molecular weight excluding hydrogens is 526 g/mol. The van der Waals surface area contributed by atoms with Crippen LogP contribution in [0.15, 0.2) is 47.5 Å². The molecule has 0 radical (unpaired) electrons. The van der Waals surface area contributed by atoms with Crippen molar-refractivity contribution in [2.45, 2.75) is 13.0 Å². The van der Waals surface area contributed by atoms with Crippen LogP contribution in [0, 0.1) is 5.82 Å². The van der Waals surface area contributed by atoms with E-state index in [1.807, 2.05) is 36.2 Å². The Kier molecular flexibility index (Phi) is 11.8. The largest absolute Gasteiger partial charge is 0.497 e. The molecular formula is C23H32FIN4O3. The first-order chi connectivity index (χ1) is 14.8. The lowest BCUT2D eigenvalue weighted by atomic mass is 10.1. The third-order valence-electron chi connectivity index (χ3n) is 4.72. The van der Waals surface area contributed by atoms with Gasteiger partial charge >= 0.3 is 0 Å². The standard InChI is InChI=1S/C23H31FN4O3.HI/c1-27(2)22(29)15-26-23(25-13-12-17-6-9-19(30-4)10-7-17)28(3)16-18-8-11-21(31-5)20(24)14-18;/h6-11,14H,12-13,15-16H2,1-5H3,(H,25,26);1H. The summed E-state index contributed by atoms with van der Waals surface area (Å²) in [5.41, 5.74) is 1.92. The Morgan fingerprint density at radius 1 is 1.03 bits per heavy atom. The number of hydrogen-bond acceptors (Lipinski definition) is 4. The van der Waals surface area contributed by atoms with E-state index in [9.17, 15) is 9.18 Å². The number of nitrogens with zero attached hydrogens (tertiary/aromatic N) is 3. The van der Waals surface area contributed by atoms with Gasteiger partial charge < -0.3 is 24.6 Å². The number of methoxy groups -OCH3 is 2. The number of guanidine groups is 1. The van der Waals surface area contributed by atoms with Crippen LogP contribution in [-0.4, -0.2) is 70.1 Å². The van der Waals surface area contributed by atoms with Crippen LogP contribution >= 0.6 is 24.0 Å². The van der Waals surface area contributed by atoms with Gasteiger partial charge in [0, 0.05) is 34.2 Å². The summed E-state index contributed by atoms with van der Waals surface area (Å²) < 4.78 is 24.2. The molecule has 7 nitrogen and oxygen atoms in total. The molecule has 176 valence electrons. The molecule has 0 saturated heterocycles. The van der Waals surface area contributed by atoms with Crippen molar-refractivity contribution >= 4 is 35.8 Å². The van der Waals surface area contributed by atoms with Gasteiger partial charge in [0.1, 0.15) is 12.3 Å². The molecule has 2 aromatic rings. The lowest BCUT2D eigenvalue weighted by Gasteiger charge is -2.23. The van der Waals surface area contributed by atoms with Gasteiger partial charge in [0.05, 0.1) is 14.2 Å². The number of carbonyl (C=O) groups excluding carboxylic acids is 1. The number of carbonyl (C=O) groups is 1. The molecule has 0 bridgehead atoms. The van der Waals surface area contributed by atoms with Gasteiger partial charge in [0.25, 0.3) is 0 Å². The molecule has 1 N–H and O–H groups in total. The van der Waals surface area contributed by atoms with E-state index in [1.165, 1.54) is 18.1 Å². The summed E-state index contributed by atoms with van der Waals surface area (Å²) >= 11 is 0. The number of ether oxygens (including phenoxy) is 2. The Morgan fingerprint density at radius 2 is 1.69 bits per heavy atom. The maximum Gasteiger partial charge on any atom is 0.243 e. The first kappa shape index (κ1) is 27.5. The molecule has 0 spiro atoms. The van der Waals surface area contributed by atoms with Crippen molar-refractivity contribution in [1.29, 1.82) is 0 Å². The lowest BCUT2D eigenvalue weighted by molar-refractivity contribution is -0.127. The second-order valence-corrected chi connectivity index (χ2v) is 7.28. The Labute approximate surface area is 206 Å². The van der Waals surface area contributed by atoms with Crippen molar-refractivity contribution < 1.29 is 18.7 Å². The molecule has 32 heavy (non-hydrogen) atoms. The maximum atomic E-state index is 14.0. The molecule has 9 heteroatoms. The van der Waals surface area contributed by atoms with Crippen LogP contribution in [0.1, 0.15) is 11.1 Å². The Hall–Kier alpha value is -2.56. The van der Waals surface area contributed by atoms with E-state index in [0.717, 1.165) is 23.3 Å². The molecule has 0 aromatic heterocycles. The summed E-state index contributed by atoms with van der Waals surface area (Å²) in [6.45, 7) is 1.08. The van der Waals surface area contributed by atoms with Gasteiger partial charge in [-0.2, -0.15) is 0 Å². The first-order valence-corrected chi connectivity index (χ1v) is 9.99. The van der Waals surface area contributed by atoms with Crippen molar-refractivity contribution in [3.8, 4) is 11.5 Å². The van der Waals surface area contributed by atoms with Gasteiger partial charge in [-0.25, -0.2) is 9.38 Å². The third kappa shape index (κ3) is 8.52. The van der Waals surface area contributed by atoms with E-state index in [1.54, 1.807) is 33.3 Å². The van der Waals surface area contributed by atoms with Crippen LogP contribution in [0.3, 0.4) is 0 Å². The summed E-state index contributed by atoms with van der Waals surface area (Å²) in [7, 11) is 8.31. The van der Waals surface area contributed by atoms with Crippen LogP contribution in [-0.2, 0) is 17.8 Å². The average Bonchev–Trinajstić information content (AvgIpc) is 2.76. The van der Waals surface area contributed by atoms with Gasteiger partial charge in [-0.1, -0.05) is 18.2 Å². The lowest BCUT2D eigenvalue weighted by Crippen LogP contribution is -2.40. The number of benzene rings is 2. The van der Waals surface area contributed by atoms with Gasteiger partial charge in [0.15, 0.2) is 17.5 Å². The van der Waals surface area contributed by atoms with E-state index in [-0.39, 0.29) is 42.2 Å². The summed E-state index contributed by atoms with van der Waals surface area (Å²) in [6, 6.07) is 12.7. The number of likely N-dealkylation sites (N-methyl/N-ethyl adjacent to an activating group) is 1. The molecule has 0 aliphatic rings. The summed E-state index contributed by atoms with van der Waals surface area (Å²) in [6.07, 6.45) is 0.773. The molecule has 0 atom stereocenters. The number of halogens is 2. The Bertz CT molecular complexity index is 891. The molecule has 0 aliphatic heterocycles. The highest BCUT2D eigenvalue weighted by molar-refractivity contribution is 14.0. The summed E-state index contributed by atoms with van der Waals surface area (Å²) in [5, 5.41) is 3.30. The number of nitrogens with one attached hydrogen (secondary N) is 1. The molecule has 0 aliphatic carbocycles. The maximum absolute atomic E-state index is 14.0. The quantitative estimate of drug-likeness (QED) is 0.291. The smallest absolute Gasteiger partial charge is 0.243 e. The van der Waals surface area contributed by atoms with Crippen molar-refractivity contribution in [3.63, 3.8) is 0 Å². The van der Waals surface area contributed by atoms with E-state index >= 15 is 0 Å². The predicted molar refractivity (Wildman–Crippen MR) is 136 cm³/mol. The highest BCUT2D eigenvalue weighted by Crippen LogP contribution is 2.18. The number of rotatable bonds is 9. The Balaban J connectivity index is 0.00000512. The fraction of sp³-hybridized carbons (Fsp3) is 0.391. The Morgan fingerprint density at radius 3 is 2.25 bits per heavy atom. The second-order valence-electron chi connectivity index (χ2n) is 7.28. The summed E-state index contributed by atoms with van der Waals surface area (Å²) in [5.74, 6) is 1.07. The molecule has 0 fully saturated rings. The van der Waals surface area contributed by atoms with Crippen LogP contribution in [0.2, 0.25) is 0 Å². The van der Waals surface area contributed by atoms with Crippen LogP contribution in [0.5, 0.6) is 11.5 Å². The highest BCUT2D eigenvalue weighted by atomic mass is 127. The predicted octanol–water partition coefficient (Wildman–Crippen LogP) is 3.17. The van der Waals surface area contributed by atoms with E-state index in [4.69, 9.17) is 9.47 Å². The first-order valence-electron chi connectivity index (χ1n) is 9.99. The molecule has 0 saturated carbocycles. The van der Waals surface area contributed by atoms with Gasteiger partial charge in [-0.3, -0.25) is 4.79 Å². The van der Waals surface area contributed by atoms with Crippen LogP contribution in [0.25, 0.3) is 0 Å². The summed E-state index contributed by atoms with van der Waals surface area (Å²) in [4.78, 5) is 19.8. The number of hydrogen-bond donors (Lipinski definition) is 1. The molecule has 0 unspecified atom stereocenters. The van der Waals surface area contributed by atoms with Crippen molar-refractivity contribution in [3.05, 3.63) is 59.4 Å². The van der Waals surface area contributed by atoms with Crippen LogP contribution < -0.4 is 14.8 Å². The monoisotopic (exact) mass is 558 g/mol. The van der Waals surface area contributed by atoms with E-state index in [2.05, 4.69) is 10.3 Å². The minimum absolute atomic E-state index is 0. The number of amides is 1. The topological polar surface area (TPSA) is 66.4 Å². The zero-order chi connectivity index (χ0) is 22.8. The SMILES string of the molecule is COc1ccc(CCNC(=NCC(=O)N(C)C)N(C)Cc2ccc(OC)c(F)c2)cc1.I. The molecule has 1 amide bonds. The van der Waals surface area contributed by atoms with Crippen molar-refractivity contribution in [1.82, 2.24) is 15.1 Å². The van der Waals surface area contributed by atoms with Gasteiger partial charge in [-0.05, 0) is 41.8 Å². The second kappa shape index (κ2) is 13.8. The fourth-order valence-electron chi connectivity index (χ4n) is 2.86. The zero-order valence-corrected chi connectivity index (χ0v) is 21.6. The third-order valence-corrected chi connectivity index (χ3v) is 4.72. The molecule has 2 rings (SSSR count). The minimum atomic E-state index is -0.415. The number of aliphatic imine (C=N–C) groups is 1. The van der Waals surface area contributed by atoms with Crippen LogP contribution in [0.4, 0.5) is 4.39 Å². The molecule has 0 heterocycles.